The van der Waals surface area contributed by atoms with E-state index in [2.05, 4.69) is 10.3 Å². The fourth-order valence-corrected chi connectivity index (χ4v) is 4.28. The molecule has 11 heteroatoms. The van der Waals surface area contributed by atoms with Crippen molar-refractivity contribution >= 4 is 32.5 Å². The summed E-state index contributed by atoms with van der Waals surface area (Å²) in [6.07, 6.45) is 0. The number of ether oxygens (including phenoxy) is 3. The van der Waals surface area contributed by atoms with Crippen molar-refractivity contribution in [3.63, 3.8) is 0 Å². The Balaban J connectivity index is 1.79. The molecule has 10 nitrogen and oxygen atoms in total. The molecule has 2 aromatic carbocycles. The number of methoxy groups -OCH3 is 3. The van der Waals surface area contributed by atoms with Gasteiger partial charge in [-0.1, -0.05) is 0 Å². The van der Waals surface area contributed by atoms with Crippen molar-refractivity contribution in [3.05, 3.63) is 52.8 Å². The number of likely N-dealkylation sites (N-methyl/N-ethyl adjacent to an activating group) is 1. The van der Waals surface area contributed by atoms with E-state index in [9.17, 15) is 18.0 Å². The van der Waals surface area contributed by atoms with Gasteiger partial charge in [0.2, 0.25) is 27.2 Å². The molecule has 0 spiro atoms. The summed E-state index contributed by atoms with van der Waals surface area (Å²) in [5.41, 5.74) is 0.581. The van der Waals surface area contributed by atoms with Crippen LogP contribution < -0.4 is 25.1 Å². The first-order chi connectivity index (χ1) is 15.2. The lowest BCUT2D eigenvalue weighted by Gasteiger charge is -2.18. The summed E-state index contributed by atoms with van der Waals surface area (Å²) in [5, 5.41) is 3.19. The zero-order valence-electron chi connectivity index (χ0n) is 18.0. The summed E-state index contributed by atoms with van der Waals surface area (Å²) in [5.74, 6) is 0.496. The number of pyridine rings is 1. The van der Waals surface area contributed by atoms with Crippen LogP contribution >= 0.6 is 0 Å². The first-order valence-electron chi connectivity index (χ1n) is 9.39. The molecule has 1 heterocycles. The van der Waals surface area contributed by atoms with Gasteiger partial charge < -0.3 is 24.5 Å². The third kappa shape index (κ3) is 4.68. The molecule has 32 heavy (non-hydrogen) atoms. The van der Waals surface area contributed by atoms with Gasteiger partial charge >= 0.3 is 0 Å². The fraction of sp³-hybridized carbons (Fsp3) is 0.238. The summed E-state index contributed by atoms with van der Waals surface area (Å²) in [4.78, 5) is 26.6. The highest BCUT2D eigenvalue weighted by atomic mass is 32.2. The van der Waals surface area contributed by atoms with E-state index in [0.29, 0.717) is 33.8 Å². The van der Waals surface area contributed by atoms with Crippen molar-refractivity contribution in [2.75, 3.05) is 40.2 Å². The largest absolute Gasteiger partial charge is 0.493 e. The number of amides is 1. The maximum atomic E-state index is 12.9. The molecule has 0 unspecified atom stereocenters. The number of H-pyrrole nitrogens is 1. The normalized spacial score (nSPS) is 11.4. The minimum atomic E-state index is -3.95. The smallest absolute Gasteiger partial charge is 0.248 e. The van der Waals surface area contributed by atoms with Crippen molar-refractivity contribution in [2.24, 2.45) is 0 Å². The molecule has 3 aromatic rings. The lowest BCUT2D eigenvalue weighted by molar-refractivity contribution is -0.116. The number of aromatic amines is 1. The zero-order chi connectivity index (χ0) is 23.5. The minimum Gasteiger partial charge on any atom is -0.493 e. The molecule has 1 aromatic heterocycles. The van der Waals surface area contributed by atoms with Crippen LogP contribution in [0, 0.1) is 0 Å². The lowest BCUT2D eigenvalue weighted by atomic mass is 10.2. The van der Waals surface area contributed by atoms with Gasteiger partial charge in [0.1, 0.15) is 0 Å². The van der Waals surface area contributed by atoms with Gasteiger partial charge in [-0.05, 0) is 29.7 Å². The maximum absolute atomic E-state index is 12.9. The molecule has 0 saturated carbocycles. The number of sulfonamides is 1. The highest BCUT2D eigenvalue weighted by Crippen LogP contribution is 2.39. The van der Waals surface area contributed by atoms with Crippen LogP contribution in [0.25, 0.3) is 10.9 Å². The number of aromatic nitrogens is 1. The van der Waals surface area contributed by atoms with Gasteiger partial charge in [0, 0.05) is 36.5 Å². The van der Waals surface area contributed by atoms with Gasteiger partial charge in [-0.3, -0.25) is 9.59 Å². The Hall–Kier alpha value is -3.57. The van der Waals surface area contributed by atoms with Crippen LogP contribution in [0.3, 0.4) is 0 Å². The number of nitrogens with zero attached hydrogens (tertiary/aromatic N) is 1. The second-order valence-electron chi connectivity index (χ2n) is 6.79. The summed E-state index contributed by atoms with van der Waals surface area (Å²) in [7, 11) is 1.71. The first kappa shape index (κ1) is 23.1. The van der Waals surface area contributed by atoms with Gasteiger partial charge in [-0.15, -0.1) is 0 Å². The topological polar surface area (TPSA) is 127 Å². The van der Waals surface area contributed by atoms with Crippen molar-refractivity contribution < 1.29 is 27.4 Å². The van der Waals surface area contributed by atoms with Crippen LogP contribution in [0.2, 0.25) is 0 Å². The molecule has 0 atom stereocenters. The maximum Gasteiger partial charge on any atom is 0.248 e. The van der Waals surface area contributed by atoms with Crippen LogP contribution in [0.5, 0.6) is 17.2 Å². The molecular weight excluding hydrogens is 438 g/mol. The Morgan fingerprint density at radius 3 is 2.25 bits per heavy atom. The predicted molar refractivity (Wildman–Crippen MR) is 119 cm³/mol. The van der Waals surface area contributed by atoms with Crippen LogP contribution in [0.4, 0.5) is 5.69 Å². The monoisotopic (exact) mass is 461 g/mol. The van der Waals surface area contributed by atoms with Crippen LogP contribution in [-0.2, 0) is 14.8 Å². The van der Waals surface area contributed by atoms with Gasteiger partial charge in [0.25, 0.3) is 0 Å². The molecule has 0 aliphatic heterocycles. The predicted octanol–water partition coefficient (Wildman–Crippen LogP) is 1.81. The van der Waals surface area contributed by atoms with E-state index < -0.39 is 22.5 Å². The van der Waals surface area contributed by atoms with Crippen molar-refractivity contribution in [1.29, 1.82) is 0 Å². The number of rotatable bonds is 8. The second kappa shape index (κ2) is 9.28. The number of nitrogens with one attached hydrogen (secondary N) is 2. The number of fused-ring (bicyclic) bond motifs is 1. The molecule has 2 N–H and O–H groups in total. The third-order valence-electron chi connectivity index (χ3n) is 4.72. The van der Waals surface area contributed by atoms with E-state index >= 15 is 0 Å². The average Bonchev–Trinajstić information content (AvgIpc) is 2.77. The van der Waals surface area contributed by atoms with Gasteiger partial charge in [-0.25, -0.2) is 8.42 Å². The Labute approximate surface area is 184 Å². The molecule has 170 valence electrons. The Bertz CT molecular complexity index is 1290. The zero-order valence-corrected chi connectivity index (χ0v) is 18.8. The average molecular weight is 461 g/mol. The van der Waals surface area contributed by atoms with E-state index in [1.165, 1.54) is 70.8 Å². The molecule has 0 aliphatic rings. The Kier molecular flexibility index (Phi) is 6.70. The Morgan fingerprint density at radius 2 is 1.66 bits per heavy atom. The Morgan fingerprint density at radius 1 is 1.00 bits per heavy atom. The highest BCUT2D eigenvalue weighted by molar-refractivity contribution is 7.89. The highest BCUT2D eigenvalue weighted by Gasteiger charge is 2.24. The van der Waals surface area contributed by atoms with Gasteiger partial charge in [0.05, 0.1) is 32.8 Å². The van der Waals surface area contributed by atoms with Crippen molar-refractivity contribution in [2.45, 2.75) is 4.90 Å². The number of carbonyl (C=O) groups excluding carboxylic acids is 1. The van der Waals surface area contributed by atoms with Gasteiger partial charge in [0.15, 0.2) is 11.5 Å². The molecule has 0 bridgehead atoms. The molecule has 1 amide bonds. The molecule has 3 rings (SSSR count). The standard InChI is InChI=1S/C21H23N3O7S/c1-24(32(27,28)15-6-7-16-13(9-15)5-8-19(25)23-16)12-20(26)22-14-10-17(29-2)21(31-4)18(11-14)30-3/h5-11H,12H2,1-4H3,(H,22,26)(H,23,25). The summed E-state index contributed by atoms with van der Waals surface area (Å²) < 4.78 is 42.6. The minimum absolute atomic E-state index is 0.000125. The molecule has 0 fully saturated rings. The van der Waals surface area contributed by atoms with E-state index in [0.717, 1.165) is 4.31 Å². The number of carbonyl (C=O) groups is 1. The lowest BCUT2D eigenvalue weighted by Crippen LogP contribution is -2.35. The number of hydrogen-bond acceptors (Lipinski definition) is 7. The third-order valence-corrected chi connectivity index (χ3v) is 6.52. The van der Waals surface area contributed by atoms with Crippen molar-refractivity contribution in [3.8, 4) is 17.2 Å². The number of anilines is 1. The summed E-state index contributed by atoms with van der Waals surface area (Å²) in [6.45, 7) is -0.428. The second-order valence-corrected chi connectivity index (χ2v) is 8.84. The van der Waals surface area contributed by atoms with Crippen LogP contribution in [0.15, 0.2) is 52.2 Å². The summed E-state index contributed by atoms with van der Waals surface area (Å²) >= 11 is 0. The van der Waals surface area contributed by atoms with Gasteiger partial charge in [-0.2, -0.15) is 4.31 Å². The number of benzene rings is 2. The number of hydrogen-bond donors (Lipinski definition) is 2. The summed E-state index contributed by atoms with van der Waals surface area (Å²) in [6, 6.07) is 10.2. The van der Waals surface area contributed by atoms with Crippen LogP contribution in [-0.4, -0.2) is 58.5 Å². The SMILES string of the molecule is COc1cc(NC(=O)CN(C)S(=O)(=O)c2ccc3[nH]c(=O)ccc3c2)cc(OC)c1OC. The first-order valence-corrected chi connectivity index (χ1v) is 10.8. The van der Waals surface area contributed by atoms with E-state index in [1.54, 1.807) is 0 Å². The fourth-order valence-electron chi connectivity index (χ4n) is 3.11. The molecule has 0 aliphatic carbocycles. The molecule has 0 saturated heterocycles. The van der Waals surface area contributed by atoms with E-state index in [4.69, 9.17) is 14.2 Å². The quantitative estimate of drug-likeness (QED) is 0.524. The van der Waals surface area contributed by atoms with E-state index in [-0.39, 0.29) is 10.5 Å². The van der Waals surface area contributed by atoms with E-state index in [1.807, 2.05) is 0 Å². The van der Waals surface area contributed by atoms with Crippen molar-refractivity contribution in [1.82, 2.24) is 9.29 Å². The molecular formula is C21H23N3O7S. The van der Waals surface area contributed by atoms with Crippen LogP contribution in [0.1, 0.15) is 0 Å². The molecule has 0 radical (unpaired) electrons.